The van der Waals surface area contributed by atoms with E-state index in [9.17, 15) is 0 Å². The van der Waals surface area contributed by atoms with Gasteiger partial charge in [-0.05, 0) is 18.6 Å². The molecule has 1 heterocycles. The minimum absolute atomic E-state index is 0.000361. The van der Waals surface area contributed by atoms with Gasteiger partial charge in [-0.25, -0.2) is 4.98 Å². The van der Waals surface area contributed by atoms with Crippen molar-refractivity contribution in [3.05, 3.63) is 23.4 Å². The van der Waals surface area contributed by atoms with Crippen molar-refractivity contribution in [3.63, 3.8) is 0 Å². The Bertz CT molecular complexity index is 364. The molecule has 4 N–H and O–H groups in total. The fraction of sp³-hybridized carbons (Fsp3) is 0.400. The Balaban J connectivity index is 3.16. The van der Waals surface area contributed by atoms with Crippen molar-refractivity contribution >= 4 is 11.7 Å². The second kappa shape index (κ2) is 4.75. The molecule has 0 aliphatic carbocycles. The van der Waals surface area contributed by atoms with E-state index in [-0.39, 0.29) is 12.4 Å². The van der Waals surface area contributed by atoms with Crippen LogP contribution < -0.4 is 10.6 Å². The lowest BCUT2D eigenvalue weighted by Gasteiger charge is -2.20. The first kappa shape index (κ1) is 11.5. The van der Waals surface area contributed by atoms with Crippen molar-refractivity contribution < 1.29 is 5.11 Å². The SMILES string of the molecule is Cc1ccnc(N(C)CCO)c1C(=N)N. The highest BCUT2D eigenvalue weighted by molar-refractivity contribution is 6.00. The minimum Gasteiger partial charge on any atom is -0.395 e. The number of nitrogen functional groups attached to an aromatic ring is 1. The Morgan fingerprint density at radius 2 is 2.33 bits per heavy atom. The molecule has 0 radical (unpaired) electrons. The molecular formula is C10H16N4O. The van der Waals surface area contributed by atoms with E-state index in [4.69, 9.17) is 16.2 Å². The maximum absolute atomic E-state index is 8.84. The number of nitrogens with two attached hydrogens (primary N) is 1. The summed E-state index contributed by atoms with van der Waals surface area (Å²) in [6, 6.07) is 1.81. The molecule has 0 unspecified atom stereocenters. The number of likely N-dealkylation sites (N-methyl/N-ethyl adjacent to an activating group) is 1. The Morgan fingerprint density at radius 3 is 2.87 bits per heavy atom. The van der Waals surface area contributed by atoms with Crippen molar-refractivity contribution in [2.45, 2.75) is 6.92 Å². The quantitative estimate of drug-likeness (QED) is 0.484. The second-order valence-electron chi connectivity index (χ2n) is 3.39. The topological polar surface area (TPSA) is 86.2 Å². The number of nitrogens with one attached hydrogen (secondary N) is 1. The van der Waals surface area contributed by atoms with E-state index < -0.39 is 0 Å². The molecule has 1 aromatic rings. The molecule has 0 aliphatic heterocycles. The van der Waals surface area contributed by atoms with E-state index in [0.29, 0.717) is 17.9 Å². The Hall–Kier alpha value is -1.62. The number of rotatable bonds is 4. The first-order valence-corrected chi connectivity index (χ1v) is 4.70. The number of nitrogens with zero attached hydrogens (tertiary/aromatic N) is 2. The largest absolute Gasteiger partial charge is 0.395 e. The normalized spacial score (nSPS) is 10.1. The van der Waals surface area contributed by atoms with Gasteiger partial charge in [0.25, 0.3) is 0 Å². The van der Waals surface area contributed by atoms with Crippen LogP contribution in [0.4, 0.5) is 5.82 Å². The van der Waals surface area contributed by atoms with E-state index >= 15 is 0 Å². The third-order valence-corrected chi connectivity index (χ3v) is 2.21. The second-order valence-corrected chi connectivity index (χ2v) is 3.39. The number of aliphatic hydroxyl groups excluding tert-OH is 1. The first-order chi connectivity index (χ1) is 7.07. The van der Waals surface area contributed by atoms with E-state index in [2.05, 4.69) is 4.98 Å². The summed E-state index contributed by atoms with van der Waals surface area (Å²) in [7, 11) is 1.81. The van der Waals surface area contributed by atoms with Crippen LogP contribution in [-0.2, 0) is 0 Å². The lowest BCUT2D eigenvalue weighted by atomic mass is 10.1. The highest BCUT2D eigenvalue weighted by Crippen LogP contribution is 2.18. The van der Waals surface area contributed by atoms with Gasteiger partial charge in [-0.3, -0.25) is 5.41 Å². The fourth-order valence-electron chi connectivity index (χ4n) is 1.42. The summed E-state index contributed by atoms with van der Waals surface area (Å²) >= 11 is 0. The van der Waals surface area contributed by atoms with Crippen LogP contribution in [0.1, 0.15) is 11.1 Å². The number of aliphatic hydroxyl groups is 1. The Morgan fingerprint density at radius 1 is 1.67 bits per heavy atom. The molecule has 0 saturated carbocycles. The van der Waals surface area contributed by atoms with Gasteiger partial charge < -0.3 is 15.7 Å². The van der Waals surface area contributed by atoms with Crippen LogP contribution in [0, 0.1) is 12.3 Å². The molecule has 0 amide bonds. The molecule has 0 spiro atoms. The molecule has 0 aliphatic rings. The van der Waals surface area contributed by atoms with Gasteiger partial charge in [0.1, 0.15) is 11.7 Å². The Kier molecular flexibility index (Phi) is 3.62. The van der Waals surface area contributed by atoms with Gasteiger partial charge in [0.05, 0.1) is 12.2 Å². The summed E-state index contributed by atoms with van der Waals surface area (Å²) in [4.78, 5) is 5.95. The predicted molar refractivity (Wildman–Crippen MR) is 60.3 cm³/mol. The van der Waals surface area contributed by atoms with Crippen LogP contribution in [0.2, 0.25) is 0 Å². The van der Waals surface area contributed by atoms with Crippen LogP contribution >= 0.6 is 0 Å². The Labute approximate surface area is 89.1 Å². The zero-order valence-corrected chi connectivity index (χ0v) is 8.99. The maximum Gasteiger partial charge on any atom is 0.139 e. The summed E-state index contributed by atoms with van der Waals surface area (Å²) in [5.41, 5.74) is 7.05. The molecule has 15 heavy (non-hydrogen) atoms. The number of hydrogen-bond donors (Lipinski definition) is 3. The van der Waals surface area contributed by atoms with E-state index in [1.807, 2.05) is 20.0 Å². The van der Waals surface area contributed by atoms with Crippen molar-refractivity contribution in [2.24, 2.45) is 5.73 Å². The summed E-state index contributed by atoms with van der Waals surface area (Å²) < 4.78 is 0. The van der Waals surface area contributed by atoms with Crippen LogP contribution in [0.25, 0.3) is 0 Å². The van der Waals surface area contributed by atoms with Crippen LogP contribution in [0.3, 0.4) is 0 Å². The van der Waals surface area contributed by atoms with E-state index in [1.54, 1.807) is 11.1 Å². The third-order valence-electron chi connectivity index (χ3n) is 2.21. The predicted octanol–water partition coefficient (Wildman–Crippen LogP) is 0.103. The molecule has 0 bridgehead atoms. The number of anilines is 1. The molecule has 1 rings (SSSR count). The molecule has 5 nitrogen and oxygen atoms in total. The smallest absolute Gasteiger partial charge is 0.139 e. The van der Waals surface area contributed by atoms with E-state index in [0.717, 1.165) is 5.56 Å². The average molecular weight is 208 g/mol. The number of aromatic nitrogens is 1. The zero-order valence-electron chi connectivity index (χ0n) is 8.99. The molecule has 82 valence electrons. The lowest BCUT2D eigenvalue weighted by Crippen LogP contribution is -2.26. The highest BCUT2D eigenvalue weighted by Gasteiger charge is 2.13. The zero-order chi connectivity index (χ0) is 11.4. The number of pyridine rings is 1. The summed E-state index contributed by atoms with van der Waals surface area (Å²) in [5.74, 6) is 0.636. The van der Waals surface area contributed by atoms with Crippen LogP contribution in [-0.4, -0.2) is 36.1 Å². The molecule has 0 saturated heterocycles. The van der Waals surface area contributed by atoms with Gasteiger partial charge in [-0.2, -0.15) is 0 Å². The number of aryl methyl sites for hydroxylation is 1. The van der Waals surface area contributed by atoms with Crippen LogP contribution in [0.5, 0.6) is 0 Å². The molecule has 1 aromatic heterocycles. The maximum atomic E-state index is 8.84. The van der Waals surface area contributed by atoms with Gasteiger partial charge in [-0.15, -0.1) is 0 Å². The summed E-state index contributed by atoms with van der Waals surface area (Å²) in [6.45, 7) is 2.40. The van der Waals surface area contributed by atoms with Gasteiger partial charge in [0, 0.05) is 19.8 Å². The van der Waals surface area contributed by atoms with Crippen molar-refractivity contribution in [1.29, 1.82) is 5.41 Å². The van der Waals surface area contributed by atoms with Gasteiger partial charge in [0.15, 0.2) is 0 Å². The van der Waals surface area contributed by atoms with Crippen molar-refractivity contribution in [1.82, 2.24) is 4.98 Å². The van der Waals surface area contributed by atoms with Gasteiger partial charge >= 0.3 is 0 Å². The molecule has 5 heteroatoms. The van der Waals surface area contributed by atoms with Crippen molar-refractivity contribution in [3.8, 4) is 0 Å². The molecule has 0 fully saturated rings. The molecular weight excluding hydrogens is 192 g/mol. The standard InChI is InChI=1S/C10H16N4O/c1-7-3-4-13-10(8(7)9(11)12)14(2)5-6-15/h3-4,15H,5-6H2,1-2H3,(H3,11,12). The average Bonchev–Trinajstić information content (AvgIpc) is 2.17. The minimum atomic E-state index is 0.000361. The lowest BCUT2D eigenvalue weighted by molar-refractivity contribution is 0.304. The molecule has 0 atom stereocenters. The number of hydrogen-bond acceptors (Lipinski definition) is 4. The number of amidine groups is 1. The monoisotopic (exact) mass is 208 g/mol. The fourth-order valence-corrected chi connectivity index (χ4v) is 1.42. The molecule has 0 aromatic carbocycles. The first-order valence-electron chi connectivity index (χ1n) is 4.70. The summed E-state index contributed by atoms with van der Waals surface area (Å²) in [6.07, 6.45) is 1.67. The van der Waals surface area contributed by atoms with E-state index in [1.165, 1.54) is 0 Å². The van der Waals surface area contributed by atoms with Crippen LogP contribution in [0.15, 0.2) is 12.3 Å². The highest BCUT2D eigenvalue weighted by atomic mass is 16.3. The third kappa shape index (κ3) is 2.44. The van der Waals surface area contributed by atoms with Gasteiger partial charge in [-0.1, -0.05) is 0 Å². The van der Waals surface area contributed by atoms with Crippen molar-refractivity contribution in [2.75, 3.05) is 25.1 Å². The van der Waals surface area contributed by atoms with Gasteiger partial charge in [0.2, 0.25) is 0 Å². The summed E-state index contributed by atoms with van der Waals surface area (Å²) in [5, 5.41) is 16.3.